The van der Waals surface area contributed by atoms with Crippen LogP contribution in [0.4, 0.5) is 0 Å². The first-order valence-electron chi connectivity index (χ1n) is 7.68. The van der Waals surface area contributed by atoms with Crippen LogP contribution in [0.15, 0.2) is 42.5 Å². The van der Waals surface area contributed by atoms with Crippen LogP contribution in [0.25, 0.3) is 10.8 Å². The van der Waals surface area contributed by atoms with Gasteiger partial charge in [0.15, 0.2) is 0 Å². The van der Waals surface area contributed by atoms with E-state index < -0.39 is 0 Å². The van der Waals surface area contributed by atoms with Crippen LogP contribution < -0.4 is 4.46 Å². The van der Waals surface area contributed by atoms with Crippen molar-refractivity contribution in [3.05, 3.63) is 42.5 Å². The van der Waals surface area contributed by atoms with Crippen LogP contribution in [0.5, 0.6) is 0 Å². The summed E-state index contributed by atoms with van der Waals surface area (Å²) in [5, 5.41) is 2.83. The molecule has 0 amide bonds. The molecule has 1 aliphatic carbocycles. The SMILES string of the molecule is c1ccc2c([Se][C@@H]3CCC[C@H]4CCO[C@H]43)cccc2c1. The molecular formula is C18H20OSe. The monoisotopic (exact) mass is 332 g/mol. The Labute approximate surface area is 126 Å². The second-order valence-electron chi connectivity index (χ2n) is 5.95. The van der Waals surface area contributed by atoms with Crippen molar-refractivity contribution in [1.82, 2.24) is 0 Å². The molecule has 1 aliphatic heterocycles. The number of fused-ring (bicyclic) bond motifs is 2. The maximum atomic E-state index is 6.07. The fraction of sp³-hybridized carbons (Fsp3) is 0.444. The number of ether oxygens (including phenoxy) is 1. The molecule has 1 nitrogen and oxygen atoms in total. The summed E-state index contributed by atoms with van der Waals surface area (Å²) in [7, 11) is 0. The van der Waals surface area contributed by atoms with Gasteiger partial charge in [0.05, 0.1) is 0 Å². The van der Waals surface area contributed by atoms with Crippen molar-refractivity contribution in [2.45, 2.75) is 36.6 Å². The Bertz CT molecular complexity index is 604. The van der Waals surface area contributed by atoms with Gasteiger partial charge in [-0.25, -0.2) is 0 Å². The third-order valence-electron chi connectivity index (χ3n) is 4.72. The summed E-state index contributed by atoms with van der Waals surface area (Å²) in [6.07, 6.45) is 6.02. The topological polar surface area (TPSA) is 9.23 Å². The Balaban J connectivity index is 1.64. The van der Waals surface area contributed by atoms with Crippen LogP contribution >= 0.6 is 0 Å². The van der Waals surface area contributed by atoms with Crippen LogP contribution in [0, 0.1) is 5.92 Å². The van der Waals surface area contributed by atoms with E-state index in [1.807, 2.05) is 0 Å². The van der Waals surface area contributed by atoms with Crippen LogP contribution in [-0.4, -0.2) is 27.7 Å². The Morgan fingerprint density at radius 1 is 0.950 bits per heavy atom. The molecule has 0 radical (unpaired) electrons. The van der Waals surface area contributed by atoms with Crippen molar-refractivity contribution >= 4 is 30.2 Å². The number of hydrogen-bond acceptors (Lipinski definition) is 1. The third-order valence-corrected chi connectivity index (χ3v) is 7.69. The summed E-state index contributed by atoms with van der Waals surface area (Å²) in [5.74, 6) is 0.852. The molecule has 1 saturated heterocycles. The number of rotatable bonds is 2. The van der Waals surface area contributed by atoms with Gasteiger partial charge in [0.2, 0.25) is 0 Å². The van der Waals surface area contributed by atoms with Gasteiger partial charge >= 0.3 is 127 Å². The van der Waals surface area contributed by atoms with Gasteiger partial charge in [-0.15, -0.1) is 0 Å². The zero-order valence-electron chi connectivity index (χ0n) is 11.6. The molecule has 0 N–H and O–H groups in total. The molecule has 2 heteroatoms. The van der Waals surface area contributed by atoms with E-state index in [-0.39, 0.29) is 0 Å². The average molecular weight is 331 g/mol. The predicted octanol–water partition coefficient (Wildman–Crippen LogP) is 3.55. The zero-order chi connectivity index (χ0) is 13.4. The van der Waals surface area contributed by atoms with Crippen molar-refractivity contribution in [2.75, 3.05) is 6.61 Å². The molecule has 3 atom stereocenters. The van der Waals surface area contributed by atoms with E-state index in [2.05, 4.69) is 42.5 Å². The molecule has 2 aliphatic rings. The van der Waals surface area contributed by atoms with E-state index in [0.29, 0.717) is 21.1 Å². The molecule has 0 spiro atoms. The second kappa shape index (κ2) is 5.52. The summed E-state index contributed by atoms with van der Waals surface area (Å²) in [5.41, 5.74) is 0. The van der Waals surface area contributed by atoms with Crippen molar-refractivity contribution < 1.29 is 4.74 Å². The Kier molecular flexibility index (Phi) is 3.56. The van der Waals surface area contributed by atoms with Crippen LogP contribution in [0.2, 0.25) is 4.82 Å². The van der Waals surface area contributed by atoms with Crippen molar-refractivity contribution in [1.29, 1.82) is 0 Å². The normalized spacial score (nSPS) is 29.5. The summed E-state index contributed by atoms with van der Waals surface area (Å²) in [4.78, 5) is 0.787. The standard InChI is InChI=1S/C18H20OSe/c1-2-8-15-13(5-1)6-3-9-16(15)20-17-10-4-7-14-11-12-19-18(14)17/h1-3,5-6,8-9,14,17-18H,4,7,10-12H2/t14-,17+,18+/m0/s1. The Morgan fingerprint density at radius 3 is 2.85 bits per heavy atom. The molecule has 104 valence electrons. The molecule has 2 aromatic carbocycles. The minimum absolute atomic E-state index is 0.536. The second-order valence-corrected chi connectivity index (χ2v) is 8.64. The zero-order valence-corrected chi connectivity index (χ0v) is 13.3. The number of benzene rings is 2. The van der Waals surface area contributed by atoms with Gasteiger partial charge in [-0.2, -0.15) is 0 Å². The van der Waals surface area contributed by atoms with Crippen LogP contribution in [-0.2, 0) is 4.74 Å². The van der Waals surface area contributed by atoms with E-state index in [0.717, 1.165) is 17.3 Å². The number of hydrogen-bond donors (Lipinski definition) is 0. The van der Waals surface area contributed by atoms with Crippen molar-refractivity contribution in [3.8, 4) is 0 Å². The van der Waals surface area contributed by atoms with E-state index in [1.165, 1.54) is 36.5 Å². The maximum absolute atomic E-state index is 6.07. The Hall–Kier alpha value is -0.821. The van der Waals surface area contributed by atoms with Crippen LogP contribution in [0.3, 0.4) is 0 Å². The van der Waals surface area contributed by atoms with E-state index in [4.69, 9.17) is 4.74 Å². The molecule has 2 fully saturated rings. The molecule has 20 heavy (non-hydrogen) atoms. The summed E-state index contributed by atoms with van der Waals surface area (Å²) in [6.45, 7) is 0.997. The van der Waals surface area contributed by atoms with Crippen molar-refractivity contribution in [2.24, 2.45) is 5.92 Å². The fourth-order valence-electron chi connectivity index (χ4n) is 3.71. The average Bonchev–Trinajstić information content (AvgIpc) is 2.97. The fourth-order valence-corrected chi connectivity index (χ4v) is 6.89. The third kappa shape index (κ3) is 2.30. The first-order valence-corrected chi connectivity index (χ1v) is 9.52. The molecule has 1 saturated carbocycles. The minimum atomic E-state index is 0.536. The van der Waals surface area contributed by atoms with Gasteiger partial charge in [-0.1, -0.05) is 0 Å². The van der Waals surface area contributed by atoms with E-state index in [1.54, 1.807) is 4.46 Å². The predicted molar refractivity (Wildman–Crippen MR) is 84.8 cm³/mol. The molecule has 1 heterocycles. The van der Waals surface area contributed by atoms with Gasteiger partial charge in [0, 0.05) is 0 Å². The summed E-state index contributed by atoms with van der Waals surface area (Å²) >= 11 is 0.536. The van der Waals surface area contributed by atoms with Gasteiger partial charge in [0.25, 0.3) is 0 Å². The molecule has 4 rings (SSSR count). The molecule has 0 aromatic heterocycles. The summed E-state index contributed by atoms with van der Waals surface area (Å²) in [6, 6.07) is 15.6. The molecule has 0 bridgehead atoms. The first kappa shape index (κ1) is 12.9. The first-order chi connectivity index (χ1) is 9.92. The molecule has 0 unspecified atom stereocenters. The van der Waals surface area contributed by atoms with E-state index >= 15 is 0 Å². The van der Waals surface area contributed by atoms with Gasteiger partial charge < -0.3 is 0 Å². The van der Waals surface area contributed by atoms with Crippen LogP contribution in [0.1, 0.15) is 25.7 Å². The van der Waals surface area contributed by atoms with Crippen molar-refractivity contribution in [3.63, 3.8) is 0 Å². The molecule has 2 aromatic rings. The molecular weight excluding hydrogens is 311 g/mol. The van der Waals surface area contributed by atoms with Gasteiger partial charge in [-0.3, -0.25) is 0 Å². The quantitative estimate of drug-likeness (QED) is 0.765. The Morgan fingerprint density at radius 2 is 1.85 bits per heavy atom. The van der Waals surface area contributed by atoms with E-state index in [9.17, 15) is 0 Å². The van der Waals surface area contributed by atoms with Gasteiger partial charge in [-0.05, 0) is 0 Å². The summed E-state index contributed by atoms with van der Waals surface area (Å²) < 4.78 is 7.64. The van der Waals surface area contributed by atoms with Gasteiger partial charge in [0.1, 0.15) is 0 Å².